The molecule has 8 heteroatoms. The number of likely N-dealkylation sites (tertiary alicyclic amines) is 1. The van der Waals surface area contributed by atoms with E-state index in [4.69, 9.17) is 11.6 Å². The molecule has 0 aliphatic carbocycles. The number of benzene rings is 1. The van der Waals surface area contributed by atoms with E-state index in [1.807, 2.05) is 0 Å². The number of nitro benzene ring substituents is 1. The number of carboxylic acids is 1. The van der Waals surface area contributed by atoms with Crippen LogP contribution in [0.5, 0.6) is 0 Å². The van der Waals surface area contributed by atoms with E-state index in [1.54, 1.807) is 6.92 Å². The van der Waals surface area contributed by atoms with Crippen molar-refractivity contribution in [1.29, 1.82) is 0 Å². The molecular formula is C13H13ClN2O5. The van der Waals surface area contributed by atoms with Gasteiger partial charge in [-0.1, -0.05) is 18.5 Å². The van der Waals surface area contributed by atoms with Crippen LogP contribution in [0, 0.1) is 16.0 Å². The lowest BCUT2D eigenvalue weighted by atomic mass is 10.0. The predicted molar refractivity (Wildman–Crippen MR) is 74.3 cm³/mol. The van der Waals surface area contributed by atoms with Gasteiger partial charge in [0, 0.05) is 18.2 Å². The minimum Gasteiger partial charge on any atom is -0.480 e. The first-order valence-electron chi connectivity index (χ1n) is 6.30. The molecule has 1 aliphatic rings. The van der Waals surface area contributed by atoms with E-state index >= 15 is 0 Å². The van der Waals surface area contributed by atoms with Crippen LogP contribution in [-0.2, 0) is 4.79 Å². The molecule has 1 heterocycles. The zero-order chi connectivity index (χ0) is 15.7. The number of nitro groups is 1. The average molecular weight is 313 g/mol. The number of carbonyl (C=O) groups excluding carboxylic acids is 1. The van der Waals surface area contributed by atoms with Gasteiger partial charge in [0.15, 0.2) is 0 Å². The van der Waals surface area contributed by atoms with E-state index in [2.05, 4.69) is 0 Å². The molecule has 0 bridgehead atoms. The molecule has 0 radical (unpaired) electrons. The van der Waals surface area contributed by atoms with Crippen LogP contribution in [0.1, 0.15) is 23.7 Å². The molecule has 2 unspecified atom stereocenters. The summed E-state index contributed by atoms with van der Waals surface area (Å²) in [5.41, 5.74) is -0.312. The quantitative estimate of drug-likeness (QED) is 0.681. The second kappa shape index (κ2) is 5.69. The zero-order valence-corrected chi connectivity index (χ0v) is 11.9. The summed E-state index contributed by atoms with van der Waals surface area (Å²) >= 11 is 5.70. The van der Waals surface area contributed by atoms with Crippen LogP contribution in [0.3, 0.4) is 0 Å². The van der Waals surface area contributed by atoms with Gasteiger partial charge in [0.25, 0.3) is 11.6 Å². The molecule has 1 aliphatic heterocycles. The summed E-state index contributed by atoms with van der Waals surface area (Å²) in [6.07, 6.45) is 0.582. The second-order valence-electron chi connectivity index (χ2n) is 4.97. The van der Waals surface area contributed by atoms with Crippen LogP contribution in [0.2, 0.25) is 5.02 Å². The SMILES string of the molecule is CC1CCN(C(=O)c2ccc(Cl)c([N+](=O)[O-])c2)C1C(=O)O. The van der Waals surface area contributed by atoms with E-state index < -0.39 is 22.8 Å². The highest BCUT2D eigenvalue weighted by Crippen LogP contribution is 2.29. The lowest BCUT2D eigenvalue weighted by Crippen LogP contribution is -2.42. The Morgan fingerprint density at radius 2 is 2.14 bits per heavy atom. The van der Waals surface area contributed by atoms with Gasteiger partial charge in [-0.05, 0) is 24.5 Å². The summed E-state index contributed by atoms with van der Waals surface area (Å²) in [5.74, 6) is -1.77. The Morgan fingerprint density at radius 3 is 2.71 bits per heavy atom. The van der Waals surface area contributed by atoms with Crippen molar-refractivity contribution >= 4 is 29.2 Å². The van der Waals surface area contributed by atoms with E-state index in [0.29, 0.717) is 13.0 Å². The van der Waals surface area contributed by atoms with Gasteiger partial charge < -0.3 is 10.0 Å². The van der Waals surface area contributed by atoms with Gasteiger partial charge in [-0.25, -0.2) is 4.79 Å². The molecule has 1 aromatic rings. The normalized spacial score (nSPS) is 21.3. The van der Waals surface area contributed by atoms with Crippen LogP contribution < -0.4 is 0 Å². The number of nitrogens with zero attached hydrogens (tertiary/aromatic N) is 2. The monoisotopic (exact) mass is 312 g/mol. The summed E-state index contributed by atoms with van der Waals surface area (Å²) in [5, 5.41) is 20.0. The predicted octanol–water partition coefficient (Wildman–Crippen LogP) is 2.18. The van der Waals surface area contributed by atoms with E-state index in [-0.39, 0.29) is 22.2 Å². The average Bonchev–Trinajstić information content (AvgIpc) is 2.80. The molecule has 1 fully saturated rings. The topological polar surface area (TPSA) is 101 Å². The molecule has 1 aromatic carbocycles. The van der Waals surface area contributed by atoms with Crippen molar-refractivity contribution in [2.45, 2.75) is 19.4 Å². The minimum absolute atomic E-state index is 0.0615. The third-order valence-electron chi connectivity index (χ3n) is 3.60. The van der Waals surface area contributed by atoms with Crippen molar-refractivity contribution < 1.29 is 19.6 Å². The Hall–Kier alpha value is -2.15. The van der Waals surface area contributed by atoms with Crippen LogP contribution in [0.15, 0.2) is 18.2 Å². The molecular weight excluding hydrogens is 300 g/mol. The van der Waals surface area contributed by atoms with Crippen molar-refractivity contribution in [2.75, 3.05) is 6.54 Å². The Bertz CT molecular complexity index is 619. The number of hydrogen-bond acceptors (Lipinski definition) is 4. The third-order valence-corrected chi connectivity index (χ3v) is 3.92. The van der Waals surface area contributed by atoms with Crippen molar-refractivity contribution in [2.24, 2.45) is 5.92 Å². The minimum atomic E-state index is -1.07. The van der Waals surface area contributed by atoms with Crippen LogP contribution in [0.4, 0.5) is 5.69 Å². The molecule has 0 aromatic heterocycles. The lowest BCUT2D eigenvalue weighted by Gasteiger charge is -2.23. The second-order valence-corrected chi connectivity index (χ2v) is 5.38. The first kappa shape index (κ1) is 15.2. The fourth-order valence-corrected chi connectivity index (χ4v) is 2.69. The molecule has 1 amide bonds. The molecule has 1 saturated heterocycles. The fourth-order valence-electron chi connectivity index (χ4n) is 2.50. The molecule has 0 saturated carbocycles. The van der Waals surface area contributed by atoms with Gasteiger partial charge in [-0.3, -0.25) is 14.9 Å². The van der Waals surface area contributed by atoms with E-state index in [1.165, 1.54) is 17.0 Å². The maximum Gasteiger partial charge on any atom is 0.326 e. The van der Waals surface area contributed by atoms with Crippen molar-refractivity contribution in [3.8, 4) is 0 Å². The van der Waals surface area contributed by atoms with Gasteiger partial charge in [0.05, 0.1) is 4.92 Å². The molecule has 1 N–H and O–H groups in total. The standard InChI is InChI=1S/C13H13ClN2O5/c1-7-4-5-15(11(7)13(18)19)12(17)8-2-3-9(14)10(6-8)16(20)21/h2-3,6-7,11H,4-5H2,1H3,(H,18,19). The molecule has 112 valence electrons. The first-order chi connectivity index (χ1) is 9.82. The molecule has 7 nitrogen and oxygen atoms in total. The highest BCUT2D eigenvalue weighted by atomic mass is 35.5. The van der Waals surface area contributed by atoms with Gasteiger partial charge in [0.2, 0.25) is 0 Å². The Kier molecular flexibility index (Phi) is 4.13. The Labute approximate surface area is 125 Å². The number of amides is 1. The van der Waals surface area contributed by atoms with Crippen LogP contribution >= 0.6 is 11.6 Å². The van der Waals surface area contributed by atoms with Crippen LogP contribution in [0.25, 0.3) is 0 Å². The number of carboxylic acid groups (broad SMARTS) is 1. The Balaban J connectivity index is 2.34. The smallest absolute Gasteiger partial charge is 0.326 e. The fraction of sp³-hybridized carbons (Fsp3) is 0.385. The summed E-state index contributed by atoms with van der Waals surface area (Å²) in [6, 6.07) is 2.79. The number of rotatable bonds is 3. The van der Waals surface area contributed by atoms with Crippen molar-refractivity contribution in [3.63, 3.8) is 0 Å². The van der Waals surface area contributed by atoms with E-state index in [9.17, 15) is 24.8 Å². The number of halogens is 1. The number of hydrogen-bond donors (Lipinski definition) is 1. The van der Waals surface area contributed by atoms with Crippen molar-refractivity contribution in [3.05, 3.63) is 38.9 Å². The highest BCUT2D eigenvalue weighted by Gasteiger charge is 2.40. The van der Waals surface area contributed by atoms with Gasteiger partial charge >= 0.3 is 5.97 Å². The maximum atomic E-state index is 12.4. The van der Waals surface area contributed by atoms with E-state index in [0.717, 1.165) is 6.07 Å². The van der Waals surface area contributed by atoms with Gasteiger partial charge in [-0.15, -0.1) is 0 Å². The molecule has 2 rings (SSSR count). The van der Waals surface area contributed by atoms with Gasteiger partial charge in [0.1, 0.15) is 11.1 Å². The number of aliphatic carboxylic acids is 1. The summed E-state index contributed by atoms with van der Waals surface area (Å²) in [6.45, 7) is 2.07. The lowest BCUT2D eigenvalue weighted by molar-refractivity contribution is -0.384. The molecule has 2 atom stereocenters. The summed E-state index contributed by atoms with van der Waals surface area (Å²) < 4.78 is 0. The molecule has 21 heavy (non-hydrogen) atoms. The first-order valence-corrected chi connectivity index (χ1v) is 6.68. The molecule has 0 spiro atoms. The summed E-state index contributed by atoms with van der Waals surface area (Å²) in [7, 11) is 0. The van der Waals surface area contributed by atoms with Gasteiger partial charge in [-0.2, -0.15) is 0 Å². The third kappa shape index (κ3) is 2.82. The maximum absolute atomic E-state index is 12.4. The Morgan fingerprint density at radius 1 is 1.48 bits per heavy atom. The van der Waals surface area contributed by atoms with Crippen molar-refractivity contribution in [1.82, 2.24) is 4.90 Å². The zero-order valence-electron chi connectivity index (χ0n) is 11.2. The summed E-state index contributed by atoms with van der Waals surface area (Å²) in [4.78, 5) is 35.1. The highest BCUT2D eigenvalue weighted by molar-refractivity contribution is 6.32. The number of carbonyl (C=O) groups is 2. The van der Waals surface area contributed by atoms with Crippen LogP contribution in [-0.4, -0.2) is 39.4 Å². The largest absolute Gasteiger partial charge is 0.480 e.